The van der Waals surface area contributed by atoms with Gasteiger partial charge in [-0.3, -0.25) is 4.79 Å². The molecular formula is C26H25N5O2S. The lowest BCUT2D eigenvalue weighted by Crippen LogP contribution is -2.41. The van der Waals surface area contributed by atoms with Gasteiger partial charge in [0, 0.05) is 5.69 Å². The number of nitrogens with zero attached hydrogens (tertiary/aromatic N) is 3. The first kappa shape index (κ1) is 22.0. The number of carbonyl (C=O) groups excluding carboxylic acids is 1. The monoisotopic (exact) mass is 471 g/mol. The Bertz CT molecular complexity index is 1290. The number of aromatic nitrogens is 3. The zero-order valence-electron chi connectivity index (χ0n) is 18.9. The zero-order valence-corrected chi connectivity index (χ0v) is 19.8. The highest BCUT2D eigenvalue weighted by Gasteiger charge is 2.38. The van der Waals surface area contributed by atoms with Crippen molar-refractivity contribution in [2.24, 2.45) is 0 Å². The van der Waals surface area contributed by atoms with Crippen molar-refractivity contribution in [3.8, 4) is 5.75 Å². The highest BCUT2D eigenvalue weighted by atomic mass is 32.2. The highest BCUT2D eigenvalue weighted by Crippen LogP contribution is 2.37. The predicted molar refractivity (Wildman–Crippen MR) is 134 cm³/mol. The average molecular weight is 472 g/mol. The van der Waals surface area contributed by atoms with Gasteiger partial charge in [0.2, 0.25) is 11.1 Å². The third-order valence-corrected chi connectivity index (χ3v) is 6.81. The van der Waals surface area contributed by atoms with E-state index < -0.39 is 5.25 Å². The van der Waals surface area contributed by atoms with E-state index in [4.69, 9.17) is 4.74 Å². The van der Waals surface area contributed by atoms with Gasteiger partial charge in [-0.1, -0.05) is 71.9 Å². The summed E-state index contributed by atoms with van der Waals surface area (Å²) in [6.07, 6.45) is 0. The molecule has 0 fully saturated rings. The van der Waals surface area contributed by atoms with Gasteiger partial charge in [0.05, 0.1) is 6.04 Å². The number of para-hydroxylation sites is 1. The summed E-state index contributed by atoms with van der Waals surface area (Å²) in [6.45, 7) is 4.31. The Morgan fingerprint density at radius 1 is 1.00 bits per heavy atom. The standard InChI is InChI=1S/C26H25N5O2S/c1-17-11-13-19(14-12-17)23-24(25(32)27-20-8-6-7-18(2)15-20)34-26-29-28-22(31(26)30-23)16-33-21-9-4-3-5-10-21/h3-15,23-24,30H,16H2,1-2H3,(H,27,32)/t23-,24-/m1/s1. The molecule has 2 N–H and O–H groups in total. The van der Waals surface area contributed by atoms with Gasteiger partial charge in [-0.15, -0.1) is 10.2 Å². The van der Waals surface area contributed by atoms with Crippen molar-refractivity contribution >= 4 is 23.4 Å². The number of carbonyl (C=O) groups is 1. The topological polar surface area (TPSA) is 81.1 Å². The first-order valence-electron chi connectivity index (χ1n) is 11.1. The van der Waals surface area contributed by atoms with Crippen molar-refractivity contribution in [2.75, 3.05) is 10.7 Å². The maximum absolute atomic E-state index is 13.4. The van der Waals surface area contributed by atoms with E-state index in [0.717, 1.165) is 28.1 Å². The number of amides is 1. The van der Waals surface area contributed by atoms with E-state index in [2.05, 4.69) is 45.2 Å². The summed E-state index contributed by atoms with van der Waals surface area (Å²) in [6, 6.07) is 25.3. The lowest BCUT2D eigenvalue weighted by atomic mass is 10.0. The highest BCUT2D eigenvalue weighted by molar-refractivity contribution is 8.00. The number of hydrogen-bond acceptors (Lipinski definition) is 6. The molecule has 34 heavy (non-hydrogen) atoms. The summed E-state index contributed by atoms with van der Waals surface area (Å²) in [5.74, 6) is 1.31. The summed E-state index contributed by atoms with van der Waals surface area (Å²) >= 11 is 1.40. The van der Waals surface area contributed by atoms with Crippen LogP contribution in [0, 0.1) is 13.8 Å². The Labute approximate surface area is 202 Å². The lowest BCUT2D eigenvalue weighted by molar-refractivity contribution is -0.116. The Morgan fingerprint density at radius 3 is 2.56 bits per heavy atom. The van der Waals surface area contributed by atoms with Gasteiger partial charge in [-0.2, -0.15) is 0 Å². The van der Waals surface area contributed by atoms with E-state index in [1.54, 1.807) is 0 Å². The molecule has 4 aromatic rings. The number of ether oxygens (including phenoxy) is 1. The smallest absolute Gasteiger partial charge is 0.240 e. The van der Waals surface area contributed by atoms with Crippen molar-refractivity contribution in [2.45, 2.75) is 36.9 Å². The number of fused-ring (bicyclic) bond motifs is 1. The average Bonchev–Trinajstić information content (AvgIpc) is 3.25. The SMILES string of the molecule is Cc1ccc([C@H]2Nn3c(COc4ccccc4)nnc3S[C@H]2C(=O)Nc2cccc(C)c2)cc1. The van der Waals surface area contributed by atoms with Gasteiger partial charge in [-0.25, -0.2) is 4.68 Å². The molecule has 2 atom stereocenters. The summed E-state index contributed by atoms with van der Waals surface area (Å²) in [7, 11) is 0. The van der Waals surface area contributed by atoms with E-state index in [9.17, 15) is 4.79 Å². The van der Waals surface area contributed by atoms with Crippen molar-refractivity contribution in [1.29, 1.82) is 0 Å². The molecule has 5 rings (SSSR count). The molecule has 0 spiro atoms. The van der Waals surface area contributed by atoms with Crippen LogP contribution in [-0.2, 0) is 11.4 Å². The Kier molecular flexibility index (Phi) is 6.22. The minimum absolute atomic E-state index is 0.0926. The molecular weight excluding hydrogens is 446 g/mol. The fourth-order valence-corrected chi connectivity index (χ4v) is 4.92. The molecule has 8 heteroatoms. The van der Waals surface area contributed by atoms with Crippen molar-refractivity contribution in [3.05, 3.63) is 101 Å². The largest absolute Gasteiger partial charge is 0.486 e. The van der Waals surface area contributed by atoms with E-state index >= 15 is 0 Å². The normalized spacial score (nSPS) is 16.9. The molecule has 1 aliphatic heterocycles. The van der Waals surface area contributed by atoms with Crippen LogP contribution >= 0.6 is 11.8 Å². The van der Waals surface area contributed by atoms with E-state index in [0.29, 0.717) is 11.0 Å². The molecule has 3 aromatic carbocycles. The van der Waals surface area contributed by atoms with Crippen LogP contribution in [0.2, 0.25) is 0 Å². The third kappa shape index (κ3) is 4.77. The van der Waals surface area contributed by atoms with Crippen molar-refractivity contribution in [3.63, 3.8) is 0 Å². The third-order valence-electron chi connectivity index (χ3n) is 5.60. The van der Waals surface area contributed by atoms with Crippen LogP contribution in [0.15, 0.2) is 84.0 Å². The van der Waals surface area contributed by atoms with Gasteiger partial charge >= 0.3 is 0 Å². The minimum Gasteiger partial charge on any atom is -0.486 e. The number of benzene rings is 3. The van der Waals surface area contributed by atoms with Gasteiger partial charge in [0.15, 0.2) is 5.82 Å². The Balaban J connectivity index is 1.42. The molecule has 0 saturated carbocycles. The first-order chi connectivity index (χ1) is 16.6. The van der Waals surface area contributed by atoms with E-state index in [1.165, 1.54) is 11.8 Å². The van der Waals surface area contributed by atoms with Crippen LogP contribution in [0.1, 0.15) is 28.6 Å². The van der Waals surface area contributed by atoms with Crippen molar-refractivity contribution in [1.82, 2.24) is 14.9 Å². The molecule has 1 amide bonds. The second-order valence-corrected chi connectivity index (χ2v) is 9.36. The summed E-state index contributed by atoms with van der Waals surface area (Å²) < 4.78 is 7.71. The second-order valence-electron chi connectivity index (χ2n) is 8.25. The van der Waals surface area contributed by atoms with Crippen molar-refractivity contribution < 1.29 is 9.53 Å². The molecule has 0 radical (unpaired) electrons. The molecule has 2 heterocycles. The number of rotatable bonds is 6. The van der Waals surface area contributed by atoms with Gasteiger partial charge < -0.3 is 15.5 Å². The predicted octanol–water partition coefficient (Wildman–Crippen LogP) is 4.87. The minimum atomic E-state index is -0.442. The van der Waals surface area contributed by atoms with Crippen LogP contribution in [0.5, 0.6) is 5.75 Å². The molecule has 7 nitrogen and oxygen atoms in total. The quantitative estimate of drug-likeness (QED) is 0.418. The molecule has 0 bridgehead atoms. The second kappa shape index (κ2) is 9.61. The molecule has 172 valence electrons. The number of nitrogens with one attached hydrogen (secondary N) is 2. The number of anilines is 1. The molecule has 1 aliphatic rings. The van der Waals surface area contributed by atoms with Gasteiger partial charge in [0.1, 0.15) is 17.6 Å². The number of hydrogen-bond donors (Lipinski definition) is 2. The van der Waals surface area contributed by atoms with E-state index in [-0.39, 0.29) is 18.6 Å². The van der Waals surface area contributed by atoms with Crippen LogP contribution in [0.25, 0.3) is 0 Å². The molecule has 0 saturated heterocycles. The van der Waals surface area contributed by atoms with Crippen LogP contribution in [-0.4, -0.2) is 26.0 Å². The fourth-order valence-electron chi connectivity index (χ4n) is 3.82. The summed E-state index contributed by atoms with van der Waals surface area (Å²) in [5, 5.41) is 11.9. The number of aryl methyl sites for hydroxylation is 2. The number of thioether (sulfide) groups is 1. The zero-order chi connectivity index (χ0) is 23.5. The lowest BCUT2D eigenvalue weighted by Gasteiger charge is -2.33. The van der Waals surface area contributed by atoms with Gasteiger partial charge in [-0.05, 0) is 49.2 Å². The Morgan fingerprint density at radius 2 is 1.79 bits per heavy atom. The molecule has 0 unspecified atom stereocenters. The summed E-state index contributed by atoms with van der Waals surface area (Å²) in [5.41, 5.74) is 7.51. The van der Waals surface area contributed by atoms with Crippen LogP contribution in [0.3, 0.4) is 0 Å². The Hall–Kier alpha value is -3.78. The maximum Gasteiger partial charge on any atom is 0.240 e. The molecule has 0 aliphatic carbocycles. The first-order valence-corrected chi connectivity index (χ1v) is 11.9. The van der Waals surface area contributed by atoms with Crippen LogP contribution < -0.4 is 15.5 Å². The van der Waals surface area contributed by atoms with Gasteiger partial charge in [0.25, 0.3) is 0 Å². The summed E-state index contributed by atoms with van der Waals surface area (Å²) in [4.78, 5) is 13.4. The molecule has 1 aromatic heterocycles. The van der Waals surface area contributed by atoms with E-state index in [1.807, 2.05) is 73.1 Å². The van der Waals surface area contributed by atoms with Crippen LogP contribution in [0.4, 0.5) is 5.69 Å². The fraction of sp³-hybridized carbons (Fsp3) is 0.192. The maximum atomic E-state index is 13.4.